The van der Waals surface area contributed by atoms with E-state index in [1.54, 1.807) is 0 Å². The molecule has 104 valence electrons. The fourth-order valence-corrected chi connectivity index (χ4v) is 2.40. The van der Waals surface area contributed by atoms with E-state index in [0.717, 1.165) is 11.3 Å². The average Bonchev–Trinajstić information content (AvgIpc) is 2.42. The third kappa shape index (κ3) is 3.99. The Balaban J connectivity index is 1.92. The van der Waals surface area contributed by atoms with Crippen molar-refractivity contribution in [3.05, 3.63) is 53.8 Å². The first kappa shape index (κ1) is 14.4. The first-order valence-electron chi connectivity index (χ1n) is 6.09. The molecule has 0 bridgehead atoms. The van der Waals surface area contributed by atoms with Crippen LogP contribution in [0.3, 0.4) is 0 Å². The number of benzene rings is 2. The fraction of sp³-hybridized carbons (Fsp3) is 0.133. The Morgan fingerprint density at radius 2 is 1.95 bits per heavy atom. The van der Waals surface area contributed by atoms with Crippen LogP contribution in [-0.2, 0) is 4.79 Å². The molecule has 0 saturated heterocycles. The van der Waals surface area contributed by atoms with Crippen LogP contribution in [0.4, 0.5) is 15.8 Å². The van der Waals surface area contributed by atoms with E-state index in [4.69, 9.17) is 5.73 Å². The molecule has 0 fully saturated rings. The highest BCUT2D eigenvalue weighted by molar-refractivity contribution is 8.00. The summed E-state index contributed by atoms with van der Waals surface area (Å²) in [6.45, 7) is 1.98. The standard InChI is InChI=1S/C15H15FN2OS/c1-10-2-5-12(6-3-10)18-15(19)9-20-14-8-11(16)4-7-13(14)17/h2-8H,9,17H2,1H3,(H,18,19). The van der Waals surface area contributed by atoms with E-state index >= 15 is 0 Å². The van der Waals surface area contributed by atoms with Gasteiger partial charge in [0.1, 0.15) is 5.82 Å². The molecular formula is C15H15FN2OS. The lowest BCUT2D eigenvalue weighted by atomic mass is 10.2. The van der Waals surface area contributed by atoms with Crippen molar-refractivity contribution in [2.24, 2.45) is 0 Å². The Bertz CT molecular complexity index is 614. The monoisotopic (exact) mass is 290 g/mol. The van der Waals surface area contributed by atoms with Gasteiger partial charge in [-0.3, -0.25) is 4.79 Å². The van der Waals surface area contributed by atoms with Crippen LogP contribution in [0.5, 0.6) is 0 Å². The van der Waals surface area contributed by atoms with Crippen LogP contribution in [0.1, 0.15) is 5.56 Å². The number of hydrogen-bond acceptors (Lipinski definition) is 3. The number of hydrogen-bond donors (Lipinski definition) is 2. The first-order valence-corrected chi connectivity index (χ1v) is 7.07. The first-order chi connectivity index (χ1) is 9.54. The van der Waals surface area contributed by atoms with Crippen molar-refractivity contribution in [1.82, 2.24) is 0 Å². The largest absolute Gasteiger partial charge is 0.398 e. The average molecular weight is 290 g/mol. The molecule has 3 N–H and O–H groups in total. The van der Waals surface area contributed by atoms with E-state index in [1.165, 1.54) is 30.0 Å². The number of carbonyl (C=O) groups excluding carboxylic acids is 1. The number of halogens is 1. The maximum Gasteiger partial charge on any atom is 0.234 e. The normalized spacial score (nSPS) is 10.3. The quantitative estimate of drug-likeness (QED) is 0.670. The molecule has 2 aromatic carbocycles. The topological polar surface area (TPSA) is 55.1 Å². The molecule has 2 aromatic rings. The minimum Gasteiger partial charge on any atom is -0.398 e. The van der Waals surface area contributed by atoms with Gasteiger partial charge in [0.25, 0.3) is 0 Å². The zero-order valence-corrected chi connectivity index (χ0v) is 11.8. The highest BCUT2D eigenvalue weighted by Crippen LogP contribution is 2.25. The van der Waals surface area contributed by atoms with E-state index in [2.05, 4.69) is 5.32 Å². The molecule has 5 heteroatoms. The lowest BCUT2D eigenvalue weighted by Crippen LogP contribution is -2.14. The summed E-state index contributed by atoms with van der Waals surface area (Å²) in [7, 11) is 0. The van der Waals surface area contributed by atoms with Crippen molar-refractivity contribution in [3.63, 3.8) is 0 Å². The molecule has 0 aromatic heterocycles. The van der Waals surface area contributed by atoms with Crippen LogP contribution >= 0.6 is 11.8 Å². The van der Waals surface area contributed by atoms with Crippen LogP contribution in [0.15, 0.2) is 47.4 Å². The number of amides is 1. The summed E-state index contributed by atoms with van der Waals surface area (Å²) in [6.07, 6.45) is 0. The van der Waals surface area contributed by atoms with Gasteiger partial charge in [-0.1, -0.05) is 17.7 Å². The Kier molecular flexibility index (Phi) is 4.63. The molecule has 0 radical (unpaired) electrons. The van der Waals surface area contributed by atoms with Gasteiger partial charge in [0, 0.05) is 16.3 Å². The van der Waals surface area contributed by atoms with Crippen molar-refractivity contribution < 1.29 is 9.18 Å². The second-order valence-corrected chi connectivity index (χ2v) is 5.40. The SMILES string of the molecule is Cc1ccc(NC(=O)CSc2cc(F)ccc2N)cc1. The lowest BCUT2D eigenvalue weighted by Gasteiger charge is -2.07. The van der Waals surface area contributed by atoms with Crippen LogP contribution in [-0.4, -0.2) is 11.7 Å². The van der Waals surface area contributed by atoms with Crippen molar-refractivity contribution in [3.8, 4) is 0 Å². The molecule has 0 unspecified atom stereocenters. The van der Waals surface area contributed by atoms with Crippen molar-refractivity contribution in [2.45, 2.75) is 11.8 Å². The fourth-order valence-electron chi connectivity index (χ4n) is 1.61. The molecule has 0 heterocycles. The lowest BCUT2D eigenvalue weighted by molar-refractivity contribution is -0.113. The molecule has 2 rings (SSSR count). The number of nitrogens with two attached hydrogens (primary N) is 1. The second kappa shape index (κ2) is 6.43. The third-order valence-corrected chi connectivity index (χ3v) is 3.74. The predicted molar refractivity (Wildman–Crippen MR) is 81.3 cm³/mol. The zero-order valence-electron chi connectivity index (χ0n) is 11.0. The third-order valence-electron chi connectivity index (χ3n) is 2.67. The highest BCUT2D eigenvalue weighted by Gasteiger charge is 2.07. The number of carbonyl (C=O) groups is 1. The molecule has 1 amide bonds. The number of nitrogens with one attached hydrogen (secondary N) is 1. The summed E-state index contributed by atoms with van der Waals surface area (Å²) < 4.78 is 13.1. The molecule has 20 heavy (non-hydrogen) atoms. The predicted octanol–water partition coefficient (Wildman–Crippen LogP) is 3.45. The van der Waals surface area contributed by atoms with Crippen molar-refractivity contribution in [2.75, 3.05) is 16.8 Å². The Morgan fingerprint density at radius 1 is 1.25 bits per heavy atom. The summed E-state index contributed by atoms with van der Waals surface area (Å²) in [4.78, 5) is 12.4. The molecule has 0 saturated carbocycles. The number of anilines is 2. The summed E-state index contributed by atoms with van der Waals surface area (Å²) >= 11 is 1.21. The van der Waals surface area contributed by atoms with Gasteiger partial charge in [0.05, 0.1) is 5.75 Å². The molecule has 0 atom stereocenters. The molecule has 0 spiro atoms. The molecule has 0 aliphatic carbocycles. The van der Waals surface area contributed by atoms with Crippen LogP contribution in [0.25, 0.3) is 0 Å². The Labute approximate surface area is 121 Å². The molecule has 0 aliphatic rings. The van der Waals surface area contributed by atoms with Gasteiger partial charge in [0.15, 0.2) is 0 Å². The van der Waals surface area contributed by atoms with Gasteiger partial charge < -0.3 is 11.1 Å². The van der Waals surface area contributed by atoms with E-state index in [0.29, 0.717) is 10.6 Å². The van der Waals surface area contributed by atoms with Crippen LogP contribution < -0.4 is 11.1 Å². The highest BCUT2D eigenvalue weighted by atomic mass is 32.2. The summed E-state index contributed by atoms with van der Waals surface area (Å²) in [5.41, 5.74) is 8.07. The number of rotatable bonds is 4. The molecule has 3 nitrogen and oxygen atoms in total. The van der Waals surface area contributed by atoms with Gasteiger partial charge in [-0.15, -0.1) is 11.8 Å². The van der Waals surface area contributed by atoms with Crippen molar-refractivity contribution >= 4 is 29.0 Å². The Morgan fingerprint density at radius 3 is 2.65 bits per heavy atom. The minimum absolute atomic E-state index is 0.150. The van der Waals surface area contributed by atoms with Crippen LogP contribution in [0.2, 0.25) is 0 Å². The van der Waals surface area contributed by atoms with Crippen LogP contribution in [0, 0.1) is 12.7 Å². The van der Waals surface area contributed by atoms with Gasteiger partial charge in [-0.2, -0.15) is 0 Å². The molecule has 0 aliphatic heterocycles. The smallest absolute Gasteiger partial charge is 0.234 e. The van der Waals surface area contributed by atoms with Gasteiger partial charge >= 0.3 is 0 Å². The Hall–Kier alpha value is -2.01. The van der Waals surface area contributed by atoms with E-state index in [1.807, 2.05) is 31.2 Å². The molecular weight excluding hydrogens is 275 g/mol. The zero-order chi connectivity index (χ0) is 14.5. The van der Waals surface area contributed by atoms with Crippen molar-refractivity contribution in [1.29, 1.82) is 0 Å². The number of nitrogen functional groups attached to an aromatic ring is 1. The maximum absolute atomic E-state index is 13.1. The maximum atomic E-state index is 13.1. The summed E-state index contributed by atoms with van der Waals surface area (Å²) in [5.74, 6) is -0.329. The van der Waals surface area contributed by atoms with Gasteiger partial charge in [-0.05, 0) is 37.3 Å². The van der Waals surface area contributed by atoms with Gasteiger partial charge in [-0.25, -0.2) is 4.39 Å². The summed E-state index contributed by atoms with van der Waals surface area (Å²) in [5, 5.41) is 2.78. The summed E-state index contributed by atoms with van der Waals surface area (Å²) in [6, 6.07) is 11.7. The van der Waals surface area contributed by atoms with E-state index in [9.17, 15) is 9.18 Å². The van der Waals surface area contributed by atoms with Gasteiger partial charge in [0.2, 0.25) is 5.91 Å². The number of thioether (sulfide) groups is 1. The number of aryl methyl sites for hydroxylation is 1. The second-order valence-electron chi connectivity index (χ2n) is 4.39. The van der Waals surface area contributed by atoms with E-state index in [-0.39, 0.29) is 17.5 Å². The van der Waals surface area contributed by atoms with E-state index < -0.39 is 0 Å². The minimum atomic E-state index is -0.361.